The van der Waals surface area contributed by atoms with Crippen molar-refractivity contribution in [2.24, 2.45) is 0 Å². The van der Waals surface area contributed by atoms with Crippen LogP contribution in [0.5, 0.6) is 0 Å². The second-order valence-corrected chi connectivity index (χ2v) is 15.1. The molecule has 6 nitrogen and oxygen atoms in total. The Kier molecular flexibility index (Phi) is 32.3. The van der Waals surface area contributed by atoms with E-state index < -0.39 is 28.0 Å². The summed E-state index contributed by atoms with van der Waals surface area (Å²) in [5.41, 5.74) is 0. The summed E-state index contributed by atoms with van der Waals surface area (Å²) in [4.78, 5) is 12.4. The van der Waals surface area contributed by atoms with Crippen LogP contribution in [0.2, 0.25) is 0 Å². The van der Waals surface area contributed by atoms with Gasteiger partial charge < -0.3 is 10.4 Å². The Morgan fingerprint density at radius 2 is 0.956 bits per heavy atom. The van der Waals surface area contributed by atoms with Gasteiger partial charge in [-0.1, -0.05) is 180 Å². The highest BCUT2D eigenvalue weighted by molar-refractivity contribution is 7.85. The molecule has 0 bridgehead atoms. The van der Waals surface area contributed by atoms with E-state index in [1.54, 1.807) is 0 Å². The van der Waals surface area contributed by atoms with E-state index in [1.165, 1.54) is 122 Å². The van der Waals surface area contributed by atoms with E-state index in [-0.39, 0.29) is 5.91 Å². The number of carbonyl (C=O) groups excluding carboxylic acids is 1. The number of aliphatic hydroxyl groups excluding tert-OH is 1. The lowest BCUT2D eigenvalue weighted by Crippen LogP contribution is -2.47. The standard InChI is InChI=1S/C38H75NO5S/c1-3-5-7-9-11-13-15-16-17-18-19-20-21-22-24-25-27-29-31-33-37(40)36(35-45(42,43)44)39-38(41)34-32-30-28-26-23-14-12-10-8-6-4-2/h10,12,36-37,40H,3-9,11,13-35H2,1-2H3,(H,39,41)(H,42,43,44)/b12-10-. The van der Waals surface area contributed by atoms with Gasteiger partial charge in [0.15, 0.2) is 0 Å². The average Bonchev–Trinajstić information content (AvgIpc) is 3.00. The van der Waals surface area contributed by atoms with Crippen LogP contribution < -0.4 is 5.32 Å². The van der Waals surface area contributed by atoms with Crippen molar-refractivity contribution in [3.05, 3.63) is 12.2 Å². The van der Waals surface area contributed by atoms with Gasteiger partial charge in [-0.05, 0) is 32.1 Å². The van der Waals surface area contributed by atoms with E-state index in [0.717, 1.165) is 57.8 Å². The number of hydrogen-bond acceptors (Lipinski definition) is 4. The van der Waals surface area contributed by atoms with Crippen molar-refractivity contribution in [1.29, 1.82) is 0 Å². The summed E-state index contributed by atoms with van der Waals surface area (Å²) in [6, 6.07) is -0.970. The molecule has 0 spiro atoms. The Balaban J connectivity index is 3.83. The molecule has 0 saturated heterocycles. The highest BCUT2D eigenvalue weighted by Crippen LogP contribution is 2.16. The molecule has 0 saturated carbocycles. The first kappa shape index (κ1) is 44.1. The molecule has 0 radical (unpaired) electrons. The van der Waals surface area contributed by atoms with Crippen LogP contribution in [-0.4, -0.2) is 41.9 Å². The van der Waals surface area contributed by atoms with Crippen molar-refractivity contribution in [1.82, 2.24) is 5.32 Å². The highest BCUT2D eigenvalue weighted by atomic mass is 32.2. The first-order valence-electron chi connectivity index (χ1n) is 19.4. The monoisotopic (exact) mass is 658 g/mol. The van der Waals surface area contributed by atoms with Gasteiger partial charge in [0, 0.05) is 6.42 Å². The van der Waals surface area contributed by atoms with Gasteiger partial charge in [-0.3, -0.25) is 9.35 Å². The number of amides is 1. The third-order valence-electron chi connectivity index (χ3n) is 8.97. The molecule has 0 rings (SSSR count). The van der Waals surface area contributed by atoms with Crippen LogP contribution in [0.25, 0.3) is 0 Å². The zero-order valence-electron chi connectivity index (χ0n) is 29.8. The molecule has 0 aromatic carbocycles. The van der Waals surface area contributed by atoms with Crippen molar-refractivity contribution in [2.75, 3.05) is 5.75 Å². The minimum atomic E-state index is -4.30. The van der Waals surface area contributed by atoms with Gasteiger partial charge in [-0.2, -0.15) is 8.42 Å². The molecule has 2 atom stereocenters. The van der Waals surface area contributed by atoms with Gasteiger partial charge >= 0.3 is 0 Å². The van der Waals surface area contributed by atoms with Crippen LogP contribution in [0.3, 0.4) is 0 Å². The molecular weight excluding hydrogens is 582 g/mol. The number of unbranched alkanes of at least 4 members (excludes halogenated alkanes) is 25. The molecule has 0 aliphatic heterocycles. The Hall–Kier alpha value is -0.920. The van der Waals surface area contributed by atoms with E-state index in [1.807, 2.05) is 0 Å². The Labute approximate surface area is 280 Å². The molecule has 0 fully saturated rings. The molecule has 268 valence electrons. The van der Waals surface area contributed by atoms with Crippen LogP contribution in [-0.2, 0) is 14.9 Å². The summed E-state index contributed by atoms with van der Waals surface area (Å²) < 4.78 is 32.4. The van der Waals surface area contributed by atoms with Gasteiger partial charge in [0.25, 0.3) is 10.1 Å². The maximum absolute atomic E-state index is 12.4. The van der Waals surface area contributed by atoms with Gasteiger partial charge in [-0.15, -0.1) is 0 Å². The minimum absolute atomic E-state index is 0.255. The molecule has 1 amide bonds. The number of rotatable bonds is 35. The van der Waals surface area contributed by atoms with Crippen molar-refractivity contribution in [2.45, 2.75) is 219 Å². The van der Waals surface area contributed by atoms with Crippen LogP contribution in [0, 0.1) is 0 Å². The Morgan fingerprint density at radius 3 is 1.40 bits per heavy atom. The second-order valence-electron chi connectivity index (χ2n) is 13.6. The zero-order valence-corrected chi connectivity index (χ0v) is 30.6. The van der Waals surface area contributed by atoms with E-state index in [9.17, 15) is 22.9 Å². The quantitative estimate of drug-likeness (QED) is 0.0357. The number of nitrogens with one attached hydrogen (secondary N) is 1. The summed E-state index contributed by atoms with van der Waals surface area (Å²) in [5.74, 6) is -0.903. The van der Waals surface area contributed by atoms with Gasteiger partial charge in [0.2, 0.25) is 5.91 Å². The normalized spacial score (nSPS) is 13.4. The summed E-state index contributed by atoms with van der Waals surface area (Å²) >= 11 is 0. The fourth-order valence-corrected chi connectivity index (χ4v) is 6.78. The Morgan fingerprint density at radius 1 is 0.578 bits per heavy atom. The summed E-state index contributed by atoms with van der Waals surface area (Å²) in [7, 11) is -4.30. The topological polar surface area (TPSA) is 104 Å². The number of hydrogen-bond donors (Lipinski definition) is 3. The van der Waals surface area contributed by atoms with Gasteiger partial charge in [0.05, 0.1) is 17.9 Å². The van der Waals surface area contributed by atoms with E-state index in [0.29, 0.717) is 12.8 Å². The van der Waals surface area contributed by atoms with E-state index >= 15 is 0 Å². The van der Waals surface area contributed by atoms with E-state index in [4.69, 9.17) is 0 Å². The largest absolute Gasteiger partial charge is 0.391 e. The molecule has 0 aliphatic carbocycles. The van der Waals surface area contributed by atoms with Crippen molar-refractivity contribution >= 4 is 16.0 Å². The summed E-state index contributed by atoms with van der Waals surface area (Å²) in [5, 5.41) is 13.3. The maximum Gasteiger partial charge on any atom is 0.266 e. The van der Waals surface area contributed by atoms with Crippen LogP contribution in [0.15, 0.2) is 12.2 Å². The summed E-state index contributed by atoms with van der Waals surface area (Å²) in [6.45, 7) is 4.48. The van der Waals surface area contributed by atoms with Gasteiger partial charge in [-0.25, -0.2) is 0 Å². The van der Waals surface area contributed by atoms with Crippen LogP contribution >= 0.6 is 0 Å². The van der Waals surface area contributed by atoms with Crippen LogP contribution in [0.1, 0.15) is 206 Å². The summed E-state index contributed by atoms with van der Waals surface area (Å²) in [6.07, 6.45) is 38.8. The molecule has 2 unspecified atom stereocenters. The SMILES string of the molecule is CCCC/C=C\CCCCCCCC(=O)NC(CS(=O)(=O)O)C(O)CCCCCCCCCCCCCCCCCCCCC. The van der Waals surface area contributed by atoms with Crippen molar-refractivity contribution in [3.8, 4) is 0 Å². The molecular formula is C38H75NO5S. The minimum Gasteiger partial charge on any atom is -0.391 e. The third-order valence-corrected chi connectivity index (χ3v) is 9.75. The molecule has 0 aromatic heterocycles. The zero-order chi connectivity index (χ0) is 33.3. The predicted molar refractivity (Wildman–Crippen MR) is 193 cm³/mol. The smallest absolute Gasteiger partial charge is 0.266 e. The first-order valence-corrected chi connectivity index (χ1v) is 21.0. The van der Waals surface area contributed by atoms with E-state index in [2.05, 4.69) is 31.3 Å². The predicted octanol–water partition coefficient (Wildman–Crippen LogP) is 11.0. The average molecular weight is 658 g/mol. The maximum atomic E-state index is 12.4. The number of allylic oxidation sites excluding steroid dienone is 2. The molecule has 3 N–H and O–H groups in total. The molecule has 0 heterocycles. The molecule has 0 aliphatic rings. The molecule has 7 heteroatoms. The van der Waals surface area contributed by atoms with Gasteiger partial charge in [0.1, 0.15) is 0 Å². The second kappa shape index (κ2) is 33.0. The highest BCUT2D eigenvalue weighted by Gasteiger charge is 2.26. The lowest BCUT2D eigenvalue weighted by atomic mass is 10.0. The first-order chi connectivity index (χ1) is 21.8. The van der Waals surface area contributed by atoms with Crippen LogP contribution in [0.4, 0.5) is 0 Å². The Bertz CT molecular complexity index is 770. The fourth-order valence-electron chi connectivity index (χ4n) is 6.02. The number of carbonyl (C=O) groups is 1. The lowest BCUT2D eigenvalue weighted by molar-refractivity contribution is -0.122. The fraction of sp³-hybridized carbons (Fsp3) is 0.921. The molecule has 45 heavy (non-hydrogen) atoms. The number of aliphatic hydroxyl groups is 1. The lowest BCUT2D eigenvalue weighted by Gasteiger charge is -2.23. The third kappa shape index (κ3) is 34.2. The molecule has 0 aromatic rings. The van der Waals surface area contributed by atoms with Crippen molar-refractivity contribution in [3.63, 3.8) is 0 Å². The van der Waals surface area contributed by atoms with Crippen molar-refractivity contribution < 1.29 is 22.9 Å².